The van der Waals surface area contributed by atoms with Gasteiger partial charge >= 0.3 is 6.09 Å². The molecule has 1 unspecified atom stereocenters. The largest absolute Gasteiger partial charge is 0.444 e. The van der Waals surface area contributed by atoms with E-state index in [0.29, 0.717) is 13.1 Å². The van der Waals surface area contributed by atoms with Crippen molar-refractivity contribution in [3.05, 3.63) is 22.7 Å². The van der Waals surface area contributed by atoms with E-state index in [1.54, 1.807) is 17.3 Å². The minimum Gasteiger partial charge on any atom is -0.444 e. The Labute approximate surface area is 121 Å². The molecular weight excluding hydrogens is 310 g/mol. The molecule has 0 radical (unpaired) electrons. The van der Waals surface area contributed by atoms with Gasteiger partial charge in [-0.05, 0) is 43.1 Å². The topological polar surface area (TPSA) is 55.3 Å². The van der Waals surface area contributed by atoms with Gasteiger partial charge in [0.2, 0.25) is 0 Å². The zero-order valence-corrected chi connectivity index (χ0v) is 13.0. The van der Waals surface area contributed by atoms with Crippen molar-refractivity contribution in [2.75, 3.05) is 13.1 Å². The van der Waals surface area contributed by atoms with Gasteiger partial charge in [0.05, 0.1) is 18.1 Å². The lowest BCUT2D eigenvalue weighted by atomic mass is 10.1. The maximum absolute atomic E-state index is 12.0. The van der Waals surface area contributed by atoms with E-state index in [2.05, 4.69) is 25.9 Å². The SMILES string of the molecule is CC(C)(C)OC(=O)N1CCC(c2cnc(Br)cn2)C1. The molecule has 6 heteroatoms. The summed E-state index contributed by atoms with van der Waals surface area (Å²) in [6.45, 7) is 6.97. The van der Waals surface area contributed by atoms with Crippen molar-refractivity contribution in [3.8, 4) is 0 Å². The van der Waals surface area contributed by atoms with Crippen molar-refractivity contribution in [1.82, 2.24) is 14.9 Å². The molecule has 0 aliphatic carbocycles. The summed E-state index contributed by atoms with van der Waals surface area (Å²) in [5.41, 5.74) is 0.473. The van der Waals surface area contributed by atoms with Crippen LogP contribution in [0.25, 0.3) is 0 Å². The van der Waals surface area contributed by atoms with Crippen molar-refractivity contribution in [2.24, 2.45) is 0 Å². The van der Waals surface area contributed by atoms with Gasteiger partial charge in [-0.1, -0.05) is 0 Å². The Morgan fingerprint density at radius 2 is 2.16 bits per heavy atom. The molecule has 1 saturated heterocycles. The number of carbonyl (C=O) groups excluding carboxylic acids is 1. The molecule has 0 bridgehead atoms. The van der Waals surface area contributed by atoms with Crippen molar-refractivity contribution in [3.63, 3.8) is 0 Å². The van der Waals surface area contributed by atoms with Crippen LogP contribution in [0.4, 0.5) is 4.79 Å². The highest BCUT2D eigenvalue weighted by Gasteiger charge is 2.31. The Morgan fingerprint density at radius 3 is 2.74 bits per heavy atom. The summed E-state index contributed by atoms with van der Waals surface area (Å²) in [5.74, 6) is 0.244. The monoisotopic (exact) mass is 327 g/mol. The predicted molar refractivity (Wildman–Crippen MR) is 74.9 cm³/mol. The Kier molecular flexibility index (Phi) is 4.08. The number of rotatable bonds is 1. The normalized spacial score (nSPS) is 19.6. The summed E-state index contributed by atoms with van der Waals surface area (Å²) < 4.78 is 6.09. The Bertz CT molecular complexity index is 456. The zero-order valence-electron chi connectivity index (χ0n) is 11.4. The highest BCUT2D eigenvalue weighted by molar-refractivity contribution is 9.10. The summed E-state index contributed by atoms with van der Waals surface area (Å²) >= 11 is 3.26. The zero-order chi connectivity index (χ0) is 14.0. The fourth-order valence-corrected chi connectivity index (χ4v) is 2.23. The molecule has 0 spiro atoms. The maximum Gasteiger partial charge on any atom is 0.410 e. The van der Waals surface area contributed by atoms with Crippen molar-refractivity contribution >= 4 is 22.0 Å². The number of amides is 1. The third-order valence-electron chi connectivity index (χ3n) is 2.90. The molecule has 1 aromatic rings. The van der Waals surface area contributed by atoms with Crippen molar-refractivity contribution < 1.29 is 9.53 Å². The van der Waals surface area contributed by atoms with Gasteiger partial charge in [-0.15, -0.1) is 0 Å². The van der Waals surface area contributed by atoms with E-state index >= 15 is 0 Å². The summed E-state index contributed by atoms with van der Waals surface area (Å²) in [5, 5.41) is 0. The van der Waals surface area contributed by atoms with Crippen LogP contribution in [0.15, 0.2) is 17.0 Å². The molecule has 5 nitrogen and oxygen atoms in total. The number of likely N-dealkylation sites (tertiary alicyclic amines) is 1. The molecule has 0 N–H and O–H groups in total. The van der Waals surface area contributed by atoms with Gasteiger partial charge in [0.15, 0.2) is 0 Å². The fraction of sp³-hybridized carbons (Fsp3) is 0.615. The van der Waals surface area contributed by atoms with E-state index in [1.165, 1.54) is 0 Å². The standard InChI is InChI=1S/C13H18BrN3O2/c1-13(2,3)19-12(18)17-5-4-9(8-17)10-6-16-11(14)7-15-10/h6-7,9H,4-5,8H2,1-3H3. The quantitative estimate of drug-likeness (QED) is 0.795. The molecule has 2 rings (SSSR count). The van der Waals surface area contributed by atoms with E-state index in [-0.39, 0.29) is 12.0 Å². The first-order chi connectivity index (χ1) is 8.85. The molecule has 104 valence electrons. The minimum absolute atomic E-state index is 0.244. The van der Waals surface area contributed by atoms with Crippen LogP contribution in [-0.4, -0.2) is 39.7 Å². The number of aromatic nitrogens is 2. The first kappa shape index (κ1) is 14.2. The van der Waals surface area contributed by atoms with Gasteiger partial charge in [0, 0.05) is 19.0 Å². The average molecular weight is 328 g/mol. The van der Waals surface area contributed by atoms with Gasteiger partial charge in [0.1, 0.15) is 10.2 Å². The lowest BCUT2D eigenvalue weighted by Gasteiger charge is -2.24. The molecular formula is C13H18BrN3O2. The molecule has 1 aliphatic rings. The highest BCUT2D eigenvalue weighted by atomic mass is 79.9. The fourth-order valence-electron chi connectivity index (χ4n) is 2.03. The first-order valence-corrected chi connectivity index (χ1v) is 7.10. The molecule has 1 fully saturated rings. The molecule has 2 heterocycles. The van der Waals surface area contributed by atoms with Crippen LogP contribution >= 0.6 is 15.9 Å². The van der Waals surface area contributed by atoms with E-state index in [9.17, 15) is 4.79 Å². The van der Waals surface area contributed by atoms with Crippen LogP contribution in [-0.2, 0) is 4.74 Å². The van der Waals surface area contributed by atoms with Crippen LogP contribution in [0.5, 0.6) is 0 Å². The third kappa shape index (κ3) is 3.89. The van der Waals surface area contributed by atoms with Gasteiger partial charge in [0.25, 0.3) is 0 Å². The smallest absolute Gasteiger partial charge is 0.410 e. The van der Waals surface area contributed by atoms with E-state index < -0.39 is 5.60 Å². The summed E-state index contributed by atoms with van der Waals surface area (Å²) in [6, 6.07) is 0. The van der Waals surface area contributed by atoms with Crippen LogP contribution in [0.3, 0.4) is 0 Å². The molecule has 1 amide bonds. The molecule has 1 aliphatic heterocycles. The molecule has 19 heavy (non-hydrogen) atoms. The average Bonchev–Trinajstić information content (AvgIpc) is 2.77. The third-order valence-corrected chi connectivity index (χ3v) is 3.31. The van der Waals surface area contributed by atoms with Gasteiger partial charge in [-0.3, -0.25) is 4.98 Å². The number of hydrogen-bond acceptors (Lipinski definition) is 4. The second kappa shape index (κ2) is 5.45. The second-order valence-corrected chi connectivity index (χ2v) is 6.49. The number of ether oxygens (including phenoxy) is 1. The van der Waals surface area contributed by atoms with Crippen LogP contribution in [0.1, 0.15) is 38.8 Å². The lowest BCUT2D eigenvalue weighted by Crippen LogP contribution is -2.35. The Balaban J connectivity index is 1.96. The molecule has 0 aromatic carbocycles. The van der Waals surface area contributed by atoms with Crippen LogP contribution < -0.4 is 0 Å². The lowest BCUT2D eigenvalue weighted by molar-refractivity contribution is 0.0292. The summed E-state index contributed by atoms with van der Waals surface area (Å²) in [6.07, 6.45) is 4.09. The second-order valence-electron chi connectivity index (χ2n) is 5.68. The van der Waals surface area contributed by atoms with E-state index in [0.717, 1.165) is 16.7 Å². The summed E-state index contributed by atoms with van der Waals surface area (Å²) in [7, 11) is 0. The van der Waals surface area contributed by atoms with Crippen LogP contribution in [0.2, 0.25) is 0 Å². The molecule has 1 aromatic heterocycles. The number of carbonyl (C=O) groups is 1. The number of hydrogen-bond donors (Lipinski definition) is 0. The number of halogens is 1. The van der Waals surface area contributed by atoms with E-state index in [4.69, 9.17) is 4.74 Å². The van der Waals surface area contributed by atoms with Gasteiger partial charge < -0.3 is 9.64 Å². The highest BCUT2D eigenvalue weighted by Crippen LogP contribution is 2.26. The minimum atomic E-state index is -0.452. The van der Waals surface area contributed by atoms with Crippen LogP contribution in [0, 0.1) is 0 Å². The summed E-state index contributed by atoms with van der Waals surface area (Å²) in [4.78, 5) is 22.2. The molecule has 0 saturated carbocycles. The van der Waals surface area contributed by atoms with Crippen molar-refractivity contribution in [2.45, 2.75) is 38.7 Å². The predicted octanol–water partition coefficient (Wildman–Crippen LogP) is 2.96. The first-order valence-electron chi connectivity index (χ1n) is 6.30. The van der Waals surface area contributed by atoms with Crippen molar-refractivity contribution in [1.29, 1.82) is 0 Å². The molecule has 1 atom stereocenters. The maximum atomic E-state index is 12.0. The Hall–Kier alpha value is -1.17. The van der Waals surface area contributed by atoms with E-state index in [1.807, 2.05) is 20.8 Å². The Morgan fingerprint density at radius 1 is 1.42 bits per heavy atom. The van der Waals surface area contributed by atoms with Gasteiger partial charge in [-0.25, -0.2) is 9.78 Å². The number of nitrogens with zero attached hydrogens (tertiary/aromatic N) is 3. The van der Waals surface area contributed by atoms with Gasteiger partial charge in [-0.2, -0.15) is 0 Å².